The number of carbonyl (C=O) groups excluding carboxylic acids is 2. The molecule has 0 saturated heterocycles. The topological polar surface area (TPSA) is 67.2 Å². The average Bonchev–Trinajstić information content (AvgIpc) is 2.94. The van der Waals surface area contributed by atoms with Crippen molar-refractivity contribution in [3.05, 3.63) is 47.5 Å². The summed E-state index contributed by atoms with van der Waals surface area (Å²) in [6, 6.07) is 12.5. The van der Waals surface area contributed by atoms with Crippen molar-refractivity contribution in [1.82, 2.24) is 0 Å². The molecule has 42 heavy (non-hydrogen) atoms. The maximum atomic E-state index is 14.2. The molecule has 4 nitrogen and oxygen atoms in total. The average molecular weight is 570 g/mol. The van der Waals surface area contributed by atoms with Crippen LogP contribution >= 0.6 is 0 Å². The van der Waals surface area contributed by atoms with Gasteiger partial charge in [-0.1, -0.05) is 90.4 Å². The first kappa shape index (κ1) is 29.7. The van der Waals surface area contributed by atoms with Gasteiger partial charge in [0.2, 0.25) is 0 Å². The van der Waals surface area contributed by atoms with Crippen LogP contribution in [0.1, 0.15) is 112 Å². The molecule has 0 heterocycles. The Morgan fingerprint density at radius 1 is 0.929 bits per heavy atom. The normalized spacial score (nSPS) is 43.4. The number of ketones is 1. The molecule has 0 N–H and O–H groups in total. The van der Waals surface area contributed by atoms with Crippen LogP contribution in [0, 0.1) is 67.5 Å². The Labute approximate surface area is 253 Å². The zero-order chi connectivity index (χ0) is 30.3. The van der Waals surface area contributed by atoms with Gasteiger partial charge in [0, 0.05) is 5.41 Å². The number of hydrogen-bond donors (Lipinski definition) is 0. The summed E-state index contributed by atoms with van der Waals surface area (Å²) in [5, 5.41) is 10.0. The fourth-order valence-corrected chi connectivity index (χ4v) is 11.6. The fraction of sp³-hybridized carbons (Fsp3) is 0.711. The van der Waals surface area contributed by atoms with Crippen LogP contribution in [0.25, 0.3) is 0 Å². The number of ether oxygens (including phenoxy) is 1. The summed E-state index contributed by atoms with van der Waals surface area (Å²) in [7, 11) is 0. The molecule has 6 rings (SSSR count). The van der Waals surface area contributed by atoms with Gasteiger partial charge < -0.3 is 4.74 Å². The number of benzene rings is 1. The Bertz CT molecular complexity index is 1350. The predicted octanol–water partition coefficient (Wildman–Crippen LogP) is 8.85. The van der Waals surface area contributed by atoms with Gasteiger partial charge in [-0.3, -0.25) is 9.59 Å². The lowest BCUT2D eigenvalue weighted by atomic mass is 9.33. The molecule has 0 spiro atoms. The number of allylic oxidation sites excluding steroid dienone is 2. The van der Waals surface area contributed by atoms with Crippen molar-refractivity contribution in [2.24, 2.45) is 56.2 Å². The predicted molar refractivity (Wildman–Crippen MR) is 165 cm³/mol. The van der Waals surface area contributed by atoms with Crippen LogP contribution in [-0.4, -0.2) is 11.8 Å². The second kappa shape index (κ2) is 9.54. The molecule has 5 aliphatic rings. The van der Waals surface area contributed by atoms with Gasteiger partial charge in [-0.15, -0.1) is 0 Å². The lowest BCUT2D eigenvalue weighted by Gasteiger charge is -2.70. The van der Waals surface area contributed by atoms with Gasteiger partial charge in [0.05, 0.1) is 11.5 Å². The van der Waals surface area contributed by atoms with Crippen molar-refractivity contribution < 1.29 is 14.3 Å². The van der Waals surface area contributed by atoms with Gasteiger partial charge in [0.1, 0.15) is 12.5 Å². The molecule has 0 amide bonds. The first-order valence-corrected chi connectivity index (χ1v) is 16.5. The van der Waals surface area contributed by atoms with Crippen LogP contribution < -0.4 is 0 Å². The number of Topliss-reactive ketones (excluding diaryl/α,β-unsaturated/α-hetero) is 1. The van der Waals surface area contributed by atoms with Gasteiger partial charge >= 0.3 is 5.97 Å². The van der Waals surface area contributed by atoms with Crippen molar-refractivity contribution in [3.8, 4) is 6.07 Å². The van der Waals surface area contributed by atoms with Crippen LogP contribution in [-0.2, 0) is 20.9 Å². The van der Waals surface area contributed by atoms with E-state index in [9.17, 15) is 14.9 Å². The molecular weight excluding hydrogens is 518 g/mol. The first-order chi connectivity index (χ1) is 19.6. The minimum absolute atomic E-state index is 0.00199. The van der Waals surface area contributed by atoms with Crippen molar-refractivity contribution in [2.45, 2.75) is 113 Å². The maximum Gasteiger partial charge on any atom is 0.313 e. The lowest BCUT2D eigenvalue weighted by molar-refractivity contribution is -0.194. The Morgan fingerprint density at radius 3 is 2.31 bits per heavy atom. The Kier molecular flexibility index (Phi) is 6.74. The van der Waals surface area contributed by atoms with Gasteiger partial charge in [-0.05, 0) is 103 Å². The molecule has 226 valence electrons. The number of carbonyl (C=O) groups is 2. The van der Waals surface area contributed by atoms with E-state index < -0.39 is 16.7 Å². The van der Waals surface area contributed by atoms with Crippen LogP contribution in [0.5, 0.6) is 0 Å². The molecule has 4 heteroatoms. The van der Waals surface area contributed by atoms with Crippen LogP contribution in [0.2, 0.25) is 0 Å². The lowest BCUT2D eigenvalue weighted by Crippen LogP contribution is -2.65. The molecule has 1 aromatic rings. The van der Waals surface area contributed by atoms with E-state index in [4.69, 9.17) is 4.74 Å². The molecule has 5 aliphatic carbocycles. The molecule has 1 aromatic carbocycles. The first-order valence-electron chi connectivity index (χ1n) is 16.5. The zero-order valence-corrected chi connectivity index (χ0v) is 27.0. The second-order valence-electron chi connectivity index (χ2n) is 16.9. The SMILES string of the molecule is CC1(C)CC[C@]2(C(=O)OCc3ccccc3)CC[C@]3(C)C(=CCC4[C@@]5(C)CC(C#N)C(=O)C(C)(C)C5CC[C@]43C)C2C1. The maximum absolute atomic E-state index is 14.2. The molecule has 0 aromatic heterocycles. The number of hydrogen-bond acceptors (Lipinski definition) is 4. The Hall–Kier alpha value is -2.41. The Morgan fingerprint density at radius 2 is 1.62 bits per heavy atom. The monoisotopic (exact) mass is 569 g/mol. The molecular formula is C38H51NO3. The van der Waals surface area contributed by atoms with E-state index in [0.717, 1.165) is 56.9 Å². The highest BCUT2D eigenvalue weighted by Crippen LogP contribution is 2.75. The summed E-state index contributed by atoms with van der Waals surface area (Å²) in [5.41, 5.74) is 1.79. The molecule has 0 bridgehead atoms. The standard InChI is InChI=1S/C38H51NO3/c1-33(2)17-19-38(32(41)42-24-25-11-9-8-10-12-25)20-18-36(6)27(28(38)22-33)13-14-30-35(5)21-26(23-39)31(40)34(3,4)29(35)15-16-37(30,36)7/h8-13,26,28-30H,14-22,24H2,1-7H3/t26?,28?,29?,30?,35-,36+,37+,38-/m0/s1. The number of esters is 1. The van der Waals surface area contributed by atoms with Gasteiger partial charge in [0.15, 0.2) is 5.78 Å². The Balaban J connectivity index is 1.38. The third-order valence-electron chi connectivity index (χ3n) is 14.1. The highest BCUT2D eigenvalue weighted by Gasteiger charge is 2.70. The smallest absolute Gasteiger partial charge is 0.313 e. The van der Waals surface area contributed by atoms with E-state index in [-0.39, 0.29) is 39.3 Å². The third kappa shape index (κ3) is 3.97. The molecule has 8 atom stereocenters. The van der Waals surface area contributed by atoms with Crippen LogP contribution in [0.4, 0.5) is 0 Å². The summed E-state index contributed by atoms with van der Waals surface area (Å²) in [5.74, 6) is 0.539. The summed E-state index contributed by atoms with van der Waals surface area (Å²) in [4.78, 5) is 27.6. The summed E-state index contributed by atoms with van der Waals surface area (Å²) >= 11 is 0. The van der Waals surface area contributed by atoms with Crippen LogP contribution in [0.3, 0.4) is 0 Å². The van der Waals surface area contributed by atoms with Gasteiger partial charge in [0.25, 0.3) is 0 Å². The summed E-state index contributed by atoms with van der Waals surface area (Å²) in [6.07, 6.45) is 11.2. The minimum Gasteiger partial charge on any atom is -0.460 e. The van der Waals surface area contributed by atoms with Gasteiger partial charge in [-0.2, -0.15) is 5.26 Å². The molecule has 0 radical (unpaired) electrons. The molecule has 0 aliphatic heterocycles. The number of fused-ring (bicyclic) bond motifs is 7. The molecule has 4 fully saturated rings. The molecule has 4 saturated carbocycles. The second-order valence-corrected chi connectivity index (χ2v) is 16.9. The number of nitriles is 1. The summed E-state index contributed by atoms with van der Waals surface area (Å²) in [6.45, 7) is 16.8. The van der Waals surface area contributed by atoms with Crippen molar-refractivity contribution >= 4 is 11.8 Å². The van der Waals surface area contributed by atoms with Gasteiger partial charge in [-0.25, -0.2) is 0 Å². The third-order valence-corrected chi connectivity index (χ3v) is 14.1. The number of rotatable bonds is 3. The van der Waals surface area contributed by atoms with E-state index in [2.05, 4.69) is 60.6 Å². The van der Waals surface area contributed by atoms with E-state index in [0.29, 0.717) is 24.9 Å². The number of nitrogens with zero attached hydrogens (tertiary/aromatic N) is 1. The highest BCUT2D eigenvalue weighted by molar-refractivity contribution is 5.89. The van der Waals surface area contributed by atoms with Crippen molar-refractivity contribution in [1.29, 1.82) is 5.26 Å². The van der Waals surface area contributed by atoms with Crippen LogP contribution in [0.15, 0.2) is 42.0 Å². The minimum atomic E-state index is -0.515. The van der Waals surface area contributed by atoms with E-state index in [1.807, 2.05) is 30.3 Å². The highest BCUT2D eigenvalue weighted by atomic mass is 16.5. The van der Waals surface area contributed by atoms with E-state index in [1.165, 1.54) is 5.57 Å². The summed E-state index contributed by atoms with van der Waals surface area (Å²) < 4.78 is 6.16. The largest absolute Gasteiger partial charge is 0.460 e. The van der Waals surface area contributed by atoms with Crippen molar-refractivity contribution in [2.75, 3.05) is 0 Å². The fourth-order valence-electron chi connectivity index (χ4n) is 11.6. The van der Waals surface area contributed by atoms with E-state index >= 15 is 0 Å². The van der Waals surface area contributed by atoms with E-state index in [1.54, 1.807) is 0 Å². The quantitative estimate of drug-likeness (QED) is 0.269. The zero-order valence-electron chi connectivity index (χ0n) is 27.0. The van der Waals surface area contributed by atoms with Crippen molar-refractivity contribution in [3.63, 3.8) is 0 Å². The molecule has 4 unspecified atom stereocenters.